The lowest BCUT2D eigenvalue weighted by Crippen LogP contribution is -2.30. The van der Waals surface area contributed by atoms with Crippen LogP contribution in [0.4, 0.5) is 5.82 Å². The third-order valence-corrected chi connectivity index (χ3v) is 9.22. The van der Waals surface area contributed by atoms with Gasteiger partial charge in [-0.15, -0.1) is 0 Å². The van der Waals surface area contributed by atoms with Gasteiger partial charge in [0.25, 0.3) is 5.56 Å². The van der Waals surface area contributed by atoms with E-state index in [0.717, 1.165) is 31.4 Å². The Labute approximate surface area is 243 Å². The van der Waals surface area contributed by atoms with Crippen LogP contribution in [0, 0.1) is 0 Å². The summed E-state index contributed by atoms with van der Waals surface area (Å²) in [5.74, 6) is 1.09. The van der Waals surface area contributed by atoms with Crippen LogP contribution in [0.1, 0.15) is 51.1 Å². The number of rotatable bonds is 12. The molecule has 1 aliphatic carbocycles. The number of hydrogen-bond acceptors (Lipinski definition) is 12. The third kappa shape index (κ3) is 6.23. The molecule has 2 fully saturated rings. The number of nitrogens with zero attached hydrogens (tertiary/aromatic N) is 7. The fourth-order valence-corrected chi connectivity index (χ4v) is 5.46. The van der Waals surface area contributed by atoms with Crippen LogP contribution in [-0.4, -0.2) is 76.7 Å². The van der Waals surface area contributed by atoms with Crippen molar-refractivity contribution in [2.24, 2.45) is 4.99 Å². The number of aliphatic imine (C=N–C) groups is 1. The molecule has 3 aromatic heterocycles. The number of allylic oxidation sites excluding steroid dienone is 3. The van der Waals surface area contributed by atoms with Gasteiger partial charge in [0.2, 0.25) is 5.88 Å². The zero-order valence-corrected chi connectivity index (χ0v) is 24.7. The highest BCUT2D eigenvalue weighted by Gasteiger charge is 2.32. The van der Waals surface area contributed by atoms with E-state index in [1.807, 2.05) is 0 Å². The molecule has 1 saturated carbocycles. The monoisotopic (exact) mass is 594 g/mol. The Bertz CT molecular complexity index is 1720. The van der Waals surface area contributed by atoms with Crippen LogP contribution in [0.15, 0.2) is 45.1 Å². The van der Waals surface area contributed by atoms with Crippen LogP contribution < -0.4 is 15.6 Å². The topological polar surface area (TPSA) is 163 Å². The molecule has 5 rings (SSSR count). The molecule has 3 aromatic rings. The summed E-state index contributed by atoms with van der Waals surface area (Å²) in [4.78, 5) is 40.7. The summed E-state index contributed by atoms with van der Waals surface area (Å²) < 4.78 is 37.1. The van der Waals surface area contributed by atoms with Gasteiger partial charge in [-0.3, -0.25) is 14.4 Å². The van der Waals surface area contributed by atoms with Gasteiger partial charge in [-0.2, -0.15) is 0 Å². The van der Waals surface area contributed by atoms with Gasteiger partial charge in [-0.25, -0.2) is 33.3 Å². The van der Waals surface area contributed by atoms with Gasteiger partial charge < -0.3 is 14.8 Å². The zero-order chi connectivity index (χ0) is 29.9. The van der Waals surface area contributed by atoms with Crippen LogP contribution >= 0.6 is 0 Å². The molecular formula is C28H34N8O5S. The lowest BCUT2D eigenvalue weighted by Gasteiger charge is -2.17. The molecule has 14 heteroatoms. The first kappa shape index (κ1) is 29.5. The first-order valence-electron chi connectivity index (χ1n) is 13.8. The average molecular weight is 595 g/mol. The number of sulfone groups is 1. The van der Waals surface area contributed by atoms with Gasteiger partial charge in [0.1, 0.15) is 17.4 Å². The van der Waals surface area contributed by atoms with Crippen molar-refractivity contribution in [1.82, 2.24) is 29.5 Å². The molecule has 0 spiro atoms. The fraction of sp³-hybridized carbons (Fsp3) is 0.464. The highest BCUT2D eigenvalue weighted by molar-refractivity contribution is 7.95. The van der Waals surface area contributed by atoms with Crippen LogP contribution in [0.2, 0.25) is 0 Å². The van der Waals surface area contributed by atoms with Gasteiger partial charge in [0, 0.05) is 17.4 Å². The van der Waals surface area contributed by atoms with E-state index in [1.54, 1.807) is 23.8 Å². The van der Waals surface area contributed by atoms with Crippen molar-refractivity contribution >= 4 is 33.5 Å². The highest BCUT2D eigenvalue weighted by Crippen LogP contribution is 2.44. The normalized spacial score (nSPS) is 17.9. The third-order valence-electron chi connectivity index (χ3n) is 7.34. The molecule has 1 atom stereocenters. The van der Waals surface area contributed by atoms with Gasteiger partial charge in [0.15, 0.2) is 27.1 Å². The van der Waals surface area contributed by atoms with Gasteiger partial charge in [0.05, 0.1) is 49.6 Å². The Balaban J connectivity index is 1.54. The molecule has 0 bridgehead atoms. The average Bonchev–Trinajstić information content (AvgIpc) is 3.73. The van der Waals surface area contributed by atoms with Crippen LogP contribution in [-0.2, 0) is 21.1 Å². The quantitative estimate of drug-likeness (QED) is 0.242. The smallest absolute Gasteiger partial charge is 0.295 e. The van der Waals surface area contributed by atoms with E-state index in [0.29, 0.717) is 47.3 Å². The first-order valence-corrected chi connectivity index (χ1v) is 15.5. The van der Waals surface area contributed by atoms with E-state index in [1.165, 1.54) is 26.4 Å². The number of nitrogens with one attached hydrogen (secondary N) is 1. The summed E-state index contributed by atoms with van der Waals surface area (Å²) in [6.45, 7) is 7.70. The molecule has 1 aliphatic heterocycles. The molecule has 42 heavy (non-hydrogen) atoms. The number of methoxy groups -OCH3 is 1. The molecule has 13 nitrogen and oxygen atoms in total. The van der Waals surface area contributed by atoms with Crippen molar-refractivity contribution in [1.29, 1.82) is 0 Å². The largest absolute Gasteiger partial charge is 0.480 e. The molecule has 0 amide bonds. The molecule has 1 saturated heterocycles. The van der Waals surface area contributed by atoms with E-state index in [9.17, 15) is 13.2 Å². The Hall–Kier alpha value is -4.04. The standard InChI is InChI=1S/C28H34N8O5S/c1-5-42(38,39)17(2)8-11-19(29-3)13-30-25-28(37)36(15-20-7-6-12-41-20)26-21(34-25)14-31-24(35-26)22-23(18-9-10-18)32-16-33-27(22)40-4/h8,11,14,16,18,20H,3,5-7,9-10,12-13,15H2,1-2,4H3,(H,30,34)/b17-8+,19-11-. The van der Waals surface area contributed by atoms with Crippen LogP contribution in [0.3, 0.4) is 0 Å². The summed E-state index contributed by atoms with van der Waals surface area (Å²) in [6.07, 6.45) is 9.69. The predicted molar refractivity (Wildman–Crippen MR) is 159 cm³/mol. The lowest BCUT2D eigenvalue weighted by atomic mass is 10.1. The molecule has 222 valence electrons. The summed E-state index contributed by atoms with van der Waals surface area (Å²) in [6, 6.07) is 0. The summed E-state index contributed by atoms with van der Waals surface area (Å²) in [5, 5.41) is 3.03. The second kappa shape index (κ2) is 12.4. The van der Waals surface area contributed by atoms with Crippen molar-refractivity contribution in [2.45, 2.75) is 58.1 Å². The molecule has 1 unspecified atom stereocenters. The van der Waals surface area contributed by atoms with Crippen molar-refractivity contribution in [3.05, 3.63) is 51.3 Å². The number of fused-ring (bicyclic) bond motifs is 1. The molecule has 0 radical (unpaired) electrons. The van der Waals surface area contributed by atoms with E-state index >= 15 is 0 Å². The SMILES string of the molecule is C=N/C(=C\C=C(/C)S(=O)(=O)CC)CNc1nc2cnc(-c3c(OC)ncnc3C3CC3)nc2n(CC2CCCO2)c1=O. The maximum Gasteiger partial charge on any atom is 0.295 e. The minimum atomic E-state index is -3.32. The van der Waals surface area contributed by atoms with E-state index < -0.39 is 9.84 Å². The Morgan fingerprint density at radius 1 is 1.24 bits per heavy atom. The number of aromatic nitrogens is 6. The number of ether oxygens (including phenoxy) is 2. The van der Waals surface area contributed by atoms with Crippen LogP contribution in [0.5, 0.6) is 5.88 Å². The number of hydrogen-bond donors (Lipinski definition) is 1. The van der Waals surface area contributed by atoms with E-state index in [2.05, 4.69) is 37.0 Å². The zero-order valence-electron chi connectivity index (χ0n) is 23.9. The first-order chi connectivity index (χ1) is 20.2. The van der Waals surface area contributed by atoms with Crippen molar-refractivity contribution in [3.8, 4) is 17.3 Å². The Kier molecular flexibility index (Phi) is 8.73. The van der Waals surface area contributed by atoms with E-state index in [4.69, 9.17) is 14.5 Å². The Morgan fingerprint density at radius 3 is 2.71 bits per heavy atom. The fourth-order valence-electron chi connectivity index (χ4n) is 4.73. The summed E-state index contributed by atoms with van der Waals surface area (Å²) in [7, 11) is -1.78. The minimum absolute atomic E-state index is 0.000703. The van der Waals surface area contributed by atoms with Gasteiger partial charge >= 0.3 is 0 Å². The predicted octanol–water partition coefficient (Wildman–Crippen LogP) is 3.04. The maximum atomic E-state index is 13.8. The summed E-state index contributed by atoms with van der Waals surface area (Å²) >= 11 is 0. The molecular weight excluding hydrogens is 560 g/mol. The minimum Gasteiger partial charge on any atom is -0.480 e. The molecule has 2 aliphatic rings. The second-order valence-electron chi connectivity index (χ2n) is 10.2. The van der Waals surface area contributed by atoms with Crippen LogP contribution in [0.25, 0.3) is 22.6 Å². The molecule has 0 aromatic carbocycles. The summed E-state index contributed by atoms with van der Waals surface area (Å²) in [5.41, 5.74) is 2.26. The molecule has 1 N–H and O–H groups in total. The second-order valence-corrected chi connectivity index (χ2v) is 12.6. The van der Waals surface area contributed by atoms with Gasteiger partial charge in [-0.1, -0.05) is 6.92 Å². The van der Waals surface area contributed by atoms with E-state index in [-0.39, 0.29) is 40.6 Å². The van der Waals surface area contributed by atoms with Crippen molar-refractivity contribution in [3.63, 3.8) is 0 Å². The highest BCUT2D eigenvalue weighted by atomic mass is 32.2. The Morgan fingerprint density at radius 2 is 2.05 bits per heavy atom. The lowest BCUT2D eigenvalue weighted by molar-refractivity contribution is 0.0971. The number of anilines is 1. The van der Waals surface area contributed by atoms with Crippen molar-refractivity contribution in [2.75, 3.05) is 31.3 Å². The van der Waals surface area contributed by atoms with Gasteiger partial charge in [-0.05, 0) is 51.5 Å². The van der Waals surface area contributed by atoms with Crippen molar-refractivity contribution < 1.29 is 17.9 Å². The molecule has 4 heterocycles. The maximum absolute atomic E-state index is 13.8.